The number of hydrogen-bond donors (Lipinski definition) is 2. The van der Waals surface area contributed by atoms with Crippen molar-refractivity contribution in [3.63, 3.8) is 0 Å². The van der Waals surface area contributed by atoms with Gasteiger partial charge in [-0.3, -0.25) is 9.98 Å². The van der Waals surface area contributed by atoms with Gasteiger partial charge in [-0.05, 0) is 63.1 Å². The van der Waals surface area contributed by atoms with E-state index in [1.54, 1.807) is 24.6 Å². The summed E-state index contributed by atoms with van der Waals surface area (Å²) in [5.41, 5.74) is 5.25. The van der Waals surface area contributed by atoms with Gasteiger partial charge in [-0.2, -0.15) is 0 Å². The number of hydrogen-bond acceptors (Lipinski definition) is 6. The highest BCUT2D eigenvalue weighted by atomic mass is 16.3. The molecule has 6 nitrogen and oxygen atoms in total. The number of benzene rings is 4. The molecule has 0 amide bonds. The van der Waals surface area contributed by atoms with Crippen LogP contribution >= 0.6 is 0 Å². The lowest BCUT2D eigenvalue weighted by Crippen LogP contribution is -2.21. The maximum absolute atomic E-state index is 10.9. The van der Waals surface area contributed by atoms with E-state index in [2.05, 4.69) is 37.5 Å². The van der Waals surface area contributed by atoms with Gasteiger partial charge in [0.25, 0.3) is 0 Å². The molecule has 0 heterocycles. The Hall–Kier alpha value is -4.58. The van der Waals surface area contributed by atoms with Crippen molar-refractivity contribution in [2.75, 3.05) is 36.0 Å². The lowest BCUT2D eigenvalue weighted by molar-refractivity contribution is 0.473. The Morgan fingerprint density at radius 3 is 1.21 bits per heavy atom. The predicted molar refractivity (Wildman–Crippen MR) is 177 cm³/mol. The van der Waals surface area contributed by atoms with Gasteiger partial charge in [0.15, 0.2) is 0 Å². The van der Waals surface area contributed by atoms with Crippen LogP contribution in [0.25, 0.3) is 0 Å². The molecular weight excluding hydrogens is 520 g/mol. The number of aliphatic imine (C=N–C) groups is 2. The van der Waals surface area contributed by atoms with Gasteiger partial charge in [0.1, 0.15) is 23.6 Å². The van der Waals surface area contributed by atoms with E-state index in [-0.39, 0.29) is 23.6 Å². The molecule has 4 rings (SSSR count). The smallest absolute Gasteiger partial charge is 0.126 e. The molecule has 2 atom stereocenters. The van der Waals surface area contributed by atoms with Crippen molar-refractivity contribution < 1.29 is 10.2 Å². The summed E-state index contributed by atoms with van der Waals surface area (Å²) >= 11 is 0. The van der Waals surface area contributed by atoms with Crippen LogP contribution in [0.4, 0.5) is 11.4 Å². The molecule has 0 unspecified atom stereocenters. The average Bonchev–Trinajstić information content (AvgIpc) is 3.02. The molecule has 0 aliphatic rings. The fraction of sp³-hybridized carbons (Fsp3) is 0.278. The monoisotopic (exact) mass is 562 g/mol. The maximum Gasteiger partial charge on any atom is 0.126 e. The van der Waals surface area contributed by atoms with Gasteiger partial charge in [0.2, 0.25) is 0 Å². The Morgan fingerprint density at radius 2 is 0.905 bits per heavy atom. The molecular formula is C36H42N4O2. The Labute approximate surface area is 250 Å². The molecule has 4 aromatic rings. The van der Waals surface area contributed by atoms with Crippen LogP contribution in [0.3, 0.4) is 0 Å². The van der Waals surface area contributed by atoms with Gasteiger partial charge in [0.05, 0.1) is 0 Å². The molecule has 6 heteroatoms. The van der Waals surface area contributed by atoms with Gasteiger partial charge in [0, 0.05) is 73.2 Å². The molecule has 0 bridgehead atoms. The number of phenolic OH excluding ortho intramolecular Hbond substituents is 2. The molecule has 42 heavy (non-hydrogen) atoms. The van der Waals surface area contributed by atoms with Crippen LogP contribution in [-0.4, -0.2) is 48.8 Å². The van der Waals surface area contributed by atoms with Crippen molar-refractivity contribution in [3.8, 4) is 11.5 Å². The summed E-state index contributed by atoms with van der Waals surface area (Å²) in [7, 11) is 0. The third kappa shape index (κ3) is 7.38. The first-order valence-corrected chi connectivity index (χ1v) is 14.8. The second-order valence-corrected chi connectivity index (χ2v) is 10.1. The van der Waals surface area contributed by atoms with Crippen molar-refractivity contribution in [2.45, 2.75) is 39.8 Å². The molecule has 0 saturated carbocycles. The first-order valence-electron chi connectivity index (χ1n) is 14.8. The van der Waals surface area contributed by atoms with Crippen LogP contribution in [0.15, 0.2) is 107 Å². The third-order valence-corrected chi connectivity index (χ3v) is 7.61. The second kappa shape index (κ2) is 14.9. The van der Waals surface area contributed by atoms with Crippen LogP contribution in [-0.2, 0) is 0 Å². The quantitative estimate of drug-likeness (QED) is 0.163. The first-order chi connectivity index (χ1) is 20.5. The van der Waals surface area contributed by atoms with Crippen molar-refractivity contribution >= 4 is 23.8 Å². The van der Waals surface area contributed by atoms with Gasteiger partial charge in [-0.15, -0.1) is 0 Å². The number of nitrogens with zero attached hydrogens (tertiary/aromatic N) is 4. The standard InChI is InChI=1S/C36H42N4O2/c1-5-39(6-2)31-21-19-29(33(41)23-31)25-37-35(27-15-11-9-12-16-27)36(28-17-13-10-14-18-28)38-26-30-20-22-32(24-34(30)42)40(7-3)8-4/h9-26,35-36,41-42H,5-8H2,1-4H3/t35-,36+. The number of anilines is 2. The van der Waals surface area contributed by atoms with E-state index >= 15 is 0 Å². The van der Waals surface area contributed by atoms with E-state index < -0.39 is 0 Å². The molecule has 0 aromatic heterocycles. The summed E-state index contributed by atoms with van der Waals surface area (Å²) in [6.45, 7) is 11.9. The Morgan fingerprint density at radius 1 is 0.548 bits per heavy atom. The number of rotatable bonds is 13. The van der Waals surface area contributed by atoms with E-state index in [9.17, 15) is 10.2 Å². The fourth-order valence-electron chi connectivity index (χ4n) is 5.17. The van der Waals surface area contributed by atoms with E-state index in [4.69, 9.17) is 9.98 Å². The molecule has 0 radical (unpaired) electrons. The minimum absolute atomic E-state index is 0.188. The minimum Gasteiger partial charge on any atom is -0.507 e. The van der Waals surface area contributed by atoms with E-state index in [1.807, 2.05) is 84.9 Å². The third-order valence-electron chi connectivity index (χ3n) is 7.61. The summed E-state index contributed by atoms with van der Waals surface area (Å²) in [4.78, 5) is 14.4. The lowest BCUT2D eigenvalue weighted by Gasteiger charge is -2.23. The fourth-order valence-corrected chi connectivity index (χ4v) is 5.17. The number of aromatic hydroxyl groups is 2. The van der Waals surface area contributed by atoms with Crippen LogP contribution in [0.5, 0.6) is 11.5 Å². The molecule has 0 saturated heterocycles. The summed E-state index contributed by atoms with van der Waals surface area (Å²) in [5, 5.41) is 21.7. The van der Waals surface area contributed by atoms with Crippen LogP contribution < -0.4 is 9.80 Å². The van der Waals surface area contributed by atoms with Crippen LogP contribution in [0.2, 0.25) is 0 Å². The molecule has 0 fully saturated rings. The highest BCUT2D eigenvalue weighted by Gasteiger charge is 2.23. The zero-order valence-electron chi connectivity index (χ0n) is 25.1. The molecule has 218 valence electrons. The largest absolute Gasteiger partial charge is 0.507 e. The van der Waals surface area contributed by atoms with Gasteiger partial charge < -0.3 is 20.0 Å². The Balaban J connectivity index is 1.74. The van der Waals surface area contributed by atoms with E-state index in [0.717, 1.165) is 48.7 Å². The average molecular weight is 563 g/mol. The number of phenols is 2. The van der Waals surface area contributed by atoms with Crippen LogP contribution in [0.1, 0.15) is 62.0 Å². The van der Waals surface area contributed by atoms with E-state index in [0.29, 0.717) is 11.1 Å². The zero-order valence-corrected chi connectivity index (χ0v) is 25.1. The van der Waals surface area contributed by atoms with Crippen molar-refractivity contribution in [1.29, 1.82) is 0 Å². The maximum atomic E-state index is 10.9. The highest BCUT2D eigenvalue weighted by molar-refractivity contribution is 5.86. The highest BCUT2D eigenvalue weighted by Crippen LogP contribution is 2.36. The molecule has 0 aliphatic heterocycles. The minimum atomic E-state index is -0.371. The summed E-state index contributed by atoms with van der Waals surface area (Å²) in [6.07, 6.45) is 3.47. The summed E-state index contributed by atoms with van der Waals surface area (Å²) < 4.78 is 0. The molecule has 4 aromatic carbocycles. The topological polar surface area (TPSA) is 71.7 Å². The molecule has 0 aliphatic carbocycles. The van der Waals surface area contributed by atoms with Crippen molar-refractivity contribution in [3.05, 3.63) is 119 Å². The van der Waals surface area contributed by atoms with Gasteiger partial charge in [-0.25, -0.2) is 0 Å². The Bertz CT molecular complexity index is 1350. The SMILES string of the molecule is CCN(CC)c1ccc(C=N[C@H](c2ccccc2)[C@@H](N=Cc2ccc(N(CC)CC)cc2O)c2ccccc2)c(O)c1. The van der Waals surface area contributed by atoms with Crippen molar-refractivity contribution in [1.82, 2.24) is 0 Å². The van der Waals surface area contributed by atoms with Gasteiger partial charge >= 0.3 is 0 Å². The summed E-state index contributed by atoms with van der Waals surface area (Å²) in [5.74, 6) is 0.376. The zero-order chi connectivity index (χ0) is 29.9. The first kappa shape index (κ1) is 30.4. The van der Waals surface area contributed by atoms with Crippen molar-refractivity contribution in [2.24, 2.45) is 9.98 Å². The molecule has 2 N–H and O–H groups in total. The predicted octanol–water partition coefficient (Wildman–Crippen LogP) is 7.81. The molecule has 0 spiro atoms. The van der Waals surface area contributed by atoms with Gasteiger partial charge in [-0.1, -0.05) is 60.7 Å². The summed E-state index contributed by atoms with van der Waals surface area (Å²) in [6, 6.07) is 30.9. The Kier molecular flexibility index (Phi) is 10.8. The lowest BCUT2D eigenvalue weighted by atomic mass is 9.94. The van der Waals surface area contributed by atoms with Crippen LogP contribution in [0, 0.1) is 0 Å². The normalized spacial score (nSPS) is 13.0. The second-order valence-electron chi connectivity index (χ2n) is 10.1. The van der Waals surface area contributed by atoms with E-state index in [1.165, 1.54) is 0 Å².